The maximum absolute atomic E-state index is 12.4. The summed E-state index contributed by atoms with van der Waals surface area (Å²) in [7, 11) is 0. The predicted molar refractivity (Wildman–Crippen MR) is 92.6 cm³/mol. The lowest BCUT2D eigenvalue weighted by Crippen LogP contribution is -2.36. The summed E-state index contributed by atoms with van der Waals surface area (Å²) >= 11 is 1.60. The molecule has 2 heterocycles. The van der Waals surface area contributed by atoms with E-state index in [2.05, 4.69) is 16.2 Å². The van der Waals surface area contributed by atoms with Crippen LogP contribution in [0.2, 0.25) is 0 Å². The minimum Gasteiger partial charge on any atom is -0.444 e. The fourth-order valence-electron chi connectivity index (χ4n) is 2.36. The van der Waals surface area contributed by atoms with Gasteiger partial charge in [0.2, 0.25) is 5.82 Å². The van der Waals surface area contributed by atoms with Gasteiger partial charge < -0.3 is 9.26 Å². The van der Waals surface area contributed by atoms with E-state index in [0.717, 1.165) is 0 Å². The quantitative estimate of drug-likeness (QED) is 0.810. The van der Waals surface area contributed by atoms with Crippen molar-refractivity contribution in [2.45, 2.75) is 32.4 Å². The summed E-state index contributed by atoms with van der Waals surface area (Å²) in [6, 6.07) is 8.75. The first-order chi connectivity index (χ1) is 11.9. The van der Waals surface area contributed by atoms with Crippen molar-refractivity contribution in [1.29, 1.82) is 5.26 Å². The van der Waals surface area contributed by atoms with Crippen LogP contribution in [0.3, 0.4) is 0 Å². The van der Waals surface area contributed by atoms with Crippen LogP contribution in [-0.4, -0.2) is 38.4 Å². The maximum Gasteiger partial charge on any atom is 0.411 e. The number of aromatic nitrogens is 2. The first kappa shape index (κ1) is 17.3. The van der Waals surface area contributed by atoms with Crippen molar-refractivity contribution >= 4 is 17.9 Å². The highest BCUT2D eigenvalue weighted by molar-refractivity contribution is 7.99. The topological polar surface area (TPSA) is 92.2 Å². The van der Waals surface area contributed by atoms with E-state index in [-0.39, 0.29) is 6.04 Å². The number of benzene rings is 1. The van der Waals surface area contributed by atoms with Crippen LogP contribution in [0.25, 0.3) is 11.4 Å². The van der Waals surface area contributed by atoms with Gasteiger partial charge in [0.15, 0.2) is 0 Å². The Kier molecular flexibility index (Phi) is 4.68. The van der Waals surface area contributed by atoms with Gasteiger partial charge in [-0.3, -0.25) is 4.90 Å². The van der Waals surface area contributed by atoms with Crippen LogP contribution in [0.5, 0.6) is 0 Å². The number of nitrogens with zero attached hydrogens (tertiary/aromatic N) is 4. The number of ether oxygens (including phenoxy) is 1. The van der Waals surface area contributed by atoms with Crippen molar-refractivity contribution in [2.75, 3.05) is 11.6 Å². The van der Waals surface area contributed by atoms with Gasteiger partial charge in [0.25, 0.3) is 5.89 Å². The van der Waals surface area contributed by atoms with Crippen molar-refractivity contribution in [2.24, 2.45) is 0 Å². The zero-order valence-electron chi connectivity index (χ0n) is 14.2. The second kappa shape index (κ2) is 6.76. The molecule has 1 aromatic heterocycles. The summed E-state index contributed by atoms with van der Waals surface area (Å²) in [5.74, 6) is 1.95. The van der Waals surface area contributed by atoms with E-state index in [0.29, 0.717) is 34.5 Å². The molecule has 1 saturated heterocycles. The van der Waals surface area contributed by atoms with Crippen LogP contribution in [0.4, 0.5) is 4.79 Å². The number of hydrogen-bond donors (Lipinski definition) is 0. The first-order valence-electron chi connectivity index (χ1n) is 7.79. The molecular weight excluding hydrogens is 340 g/mol. The average Bonchev–Trinajstić information content (AvgIpc) is 3.22. The molecule has 25 heavy (non-hydrogen) atoms. The second-order valence-corrected chi connectivity index (χ2v) is 7.61. The Labute approximate surface area is 150 Å². The van der Waals surface area contributed by atoms with Crippen molar-refractivity contribution in [3.63, 3.8) is 0 Å². The molecule has 0 N–H and O–H groups in total. The van der Waals surface area contributed by atoms with E-state index >= 15 is 0 Å². The van der Waals surface area contributed by atoms with E-state index in [1.54, 1.807) is 34.9 Å². The third kappa shape index (κ3) is 3.94. The number of nitriles is 1. The molecule has 1 atom stereocenters. The fraction of sp³-hybridized carbons (Fsp3) is 0.412. The number of amides is 1. The van der Waals surface area contributed by atoms with Gasteiger partial charge in [0, 0.05) is 11.3 Å². The second-order valence-electron chi connectivity index (χ2n) is 6.61. The molecule has 3 rings (SSSR count). The Morgan fingerprint density at radius 3 is 3.00 bits per heavy atom. The summed E-state index contributed by atoms with van der Waals surface area (Å²) < 4.78 is 10.8. The molecule has 7 nitrogen and oxygen atoms in total. The van der Waals surface area contributed by atoms with Gasteiger partial charge in [-0.15, -0.1) is 11.8 Å². The molecule has 1 unspecified atom stereocenters. The zero-order valence-corrected chi connectivity index (χ0v) is 15.0. The molecule has 1 fully saturated rings. The minimum atomic E-state index is -0.563. The van der Waals surface area contributed by atoms with E-state index in [9.17, 15) is 4.79 Å². The molecular formula is C17H18N4O3S. The Morgan fingerprint density at radius 1 is 1.48 bits per heavy atom. The molecule has 0 radical (unpaired) electrons. The van der Waals surface area contributed by atoms with Crippen LogP contribution < -0.4 is 0 Å². The Hall–Kier alpha value is -2.53. The lowest BCUT2D eigenvalue weighted by atomic mass is 10.1. The SMILES string of the molecule is CC(C)(C)OC(=O)N1CSCC1c1nc(-c2cccc(C#N)c2)no1. The summed E-state index contributed by atoms with van der Waals surface area (Å²) in [4.78, 5) is 18.4. The summed E-state index contributed by atoms with van der Waals surface area (Å²) in [6.07, 6.45) is -0.395. The van der Waals surface area contributed by atoms with Crippen LogP contribution in [0, 0.1) is 11.3 Å². The number of rotatable bonds is 2. The average molecular weight is 358 g/mol. The lowest BCUT2D eigenvalue weighted by Gasteiger charge is -2.26. The highest BCUT2D eigenvalue weighted by Gasteiger charge is 2.37. The van der Waals surface area contributed by atoms with E-state index < -0.39 is 11.7 Å². The van der Waals surface area contributed by atoms with Crippen LogP contribution in [-0.2, 0) is 4.74 Å². The monoisotopic (exact) mass is 358 g/mol. The van der Waals surface area contributed by atoms with Gasteiger partial charge in [-0.05, 0) is 32.9 Å². The molecule has 2 aromatic rings. The number of hydrogen-bond acceptors (Lipinski definition) is 7. The molecule has 0 aliphatic carbocycles. The molecule has 0 spiro atoms. The summed E-state index contributed by atoms with van der Waals surface area (Å²) in [5.41, 5.74) is 0.659. The van der Waals surface area contributed by atoms with E-state index in [1.807, 2.05) is 26.8 Å². The van der Waals surface area contributed by atoms with Crippen molar-refractivity contribution in [3.8, 4) is 17.5 Å². The van der Waals surface area contributed by atoms with Crippen molar-refractivity contribution in [1.82, 2.24) is 15.0 Å². The van der Waals surface area contributed by atoms with Crippen molar-refractivity contribution < 1.29 is 14.1 Å². The standard InChI is InChI=1S/C17H18N4O3S/c1-17(2,3)23-16(22)21-10-25-9-13(21)15-19-14(20-24-15)12-6-4-5-11(7-12)8-18/h4-7,13H,9-10H2,1-3H3. The molecule has 0 bridgehead atoms. The molecule has 1 aromatic carbocycles. The summed E-state index contributed by atoms with van der Waals surface area (Å²) in [5, 5.41) is 13.0. The van der Waals surface area contributed by atoms with Gasteiger partial charge in [-0.1, -0.05) is 17.3 Å². The van der Waals surface area contributed by atoms with Gasteiger partial charge >= 0.3 is 6.09 Å². The molecule has 8 heteroatoms. The number of thioether (sulfide) groups is 1. The molecule has 1 aliphatic heterocycles. The van der Waals surface area contributed by atoms with Gasteiger partial charge in [0.1, 0.15) is 11.6 Å². The molecule has 0 saturated carbocycles. The molecule has 1 aliphatic rings. The van der Waals surface area contributed by atoms with E-state index in [1.165, 1.54) is 0 Å². The Bertz CT molecular complexity index is 822. The zero-order chi connectivity index (χ0) is 18.0. The van der Waals surface area contributed by atoms with Crippen LogP contribution in [0.1, 0.15) is 38.3 Å². The smallest absolute Gasteiger partial charge is 0.411 e. The van der Waals surface area contributed by atoms with Crippen molar-refractivity contribution in [3.05, 3.63) is 35.7 Å². The highest BCUT2D eigenvalue weighted by Crippen LogP contribution is 2.34. The fourth-order valence-corrected chi connectivity index (χ4v) is 3.50. The molecule has 130 valence electrons. The Balaban J connectivity index is 1.81. The number of carbonyl (C=O) groups excluding carboxylic acids is 1. The van der Waals surface area contributed by atoms with Crippen LogP contribution >= 0.6 is 11.8 Å². The predicted octanol–water partition coefficient (Wildman–Crippen LogP) is 3.59. The van der Waals surface area contributed by atoms with Gasteiger partial charge in [0.05, 0.1) is 17.5 Å². The normalized spacial score (nSPS) is 17.4. The minimum absolute atomic E-state index is 0.319. The lowest BCUT2D eigenvalue weighted by molar-refractivity contribution is 0.0214. The summed E-state index contributed by atoms with van der Waals surface area (Å²) in [6.45, 7) is 5.49. The van der Waals surface area contributed by atoms with Gasteiger partial charge in [-0.2, -0.15) is 10.2 Å². The third-order valence-electron chi connectivity index (χ3n) is 3.49. The van der Waals surface area contributed by atoms with Gasteiger partial charge in [-0.25, -0.2) is 4.79 Å². The Morgan fingerprint density at radius 2 is 2.28 bits per heavy atom. The third-order valence-corrected chi connectivity index (χ3v) is 4.50. The highest BCUT2D eigenvalue weighted by atomic mass is 32.2. The molecule has 1 amide bonds. The first-order valence-corrected chi connectivity index (χ1v) is 8.94. The largest absolute Gasteiger partial charge is 0.444 e. The van der Waals surface area contributed by atoms with Crippen LogP contribution in [0.15, 0.2) is 28.8 Å². The van der Waals surface area contributed by atoms with E-state index in [4.69, 9.17) is 14.5 Å². The maximum atomic E-state index is 12.4. The number of carbonyl (C=O) groups is 1.